The summed E-state index contributed by atoms with van der Waals surface area (Å²) >= 11 is 0. The van der Waals surface area contributed by atoms with Gasteiger partial charge in [-0.1, -0.05) is 13.8 Å². The van der Waals surface area contributed by atoms with Crippen LogP contribution in [0.15, 0.2) is 24.9 Å². The van der Waals surface area contributed by atoms with Crippen molar-refractivity contribution < 1.29 is 4.79 Å². The standard InChI is InChI=1S/C20H27N9O/c1-19-7-13(28(4)16-14-5-6-21-15(14)22-11-23-16)8-20(19,2)10-29(9-19)18(30)25-17-24-12-27(3)26-17/h5-6,11-13H,7-10H2,1-4H3,(H,21,22,23)(H,25,26,30)/t13-,19+,20-. The van der Waals surface area contributed by atoms with Gasteiger partial charge in [0, 0.05) is 39.4 Å². The lowest BCUT2D eigenvalue weighted by Crippen LogP contribution is -2.38. The number of nitrogens with one attached hydrogen (secondary N) is 2. The van der Waals surface area contributed by atoms with Crippen LogP contribution in [0.4, 0.5) is 16.6 Å². The van der Waals surface area contributed by atoms with E-state index >= 15 is 0 Å². The van der Waals surface area contributed by atoms with Crippen molar-refractivity contribution in [3.8, 4) is 0 Å². The molecule has 1 saturated heterocycles. The third-order valence-electron chi connectivity index (χ3n) is 7.23. The molecule has 5 rings (SSSR count). The minimum absolute atomic E-state index is 0.0328. The highest BCUT2D eigenvalue weighted by molar-refractivity contribution is 5.88. The van der Waals surface area contributed by atoms with Crippen molar-refractivity contribution in [3.63, 3.8) is 0 Å². The maximum Gasteiger partial charge on any atom is 0.324 e. The summed E-state index contributed by atoms with van der Waals surface area (Å²) < 4.78 is 1.58. The summed E-state index contributed by atoms with van der Waals surface area (Å²) in [6.07, 6.45) is 7.09. The number of urea groups is 1. The lowest BCUT2D eigenvalue weighted by atomic mass is 9.71. The normalized spacial score (nSPS) is 28.1. The second kappa shape index (κ2) is 6.41. The van der Waals surface area contributed by atoms with Gasteiger partial charge in [0.25, 0.3) is 0 Å². The Hall–Kier alpha value is -3.17. The van der Waals surface area contributed by atoms with Crippen LogP contribution in [0.25, 0.3) is 11.0 Å². The van der Waals surface area contributed by atoms with Gasteiger partial charge in [-0.25, -0.2) is 19.7 Å². The van der Waals surface area contributed by atoms with Gasteiger partial charge in [0.1, 0.15) is 24.1 Å². The molecule has 0 radical (unpaired) electrons. The first-order chi connectivity index (χ1) is 14.3. The molecule has 10 heteroatoms. The van der Waals surface area contributed by atoms with E-state index in [1.807, 2.05) is 17.2 Å². The minimum atomic E-state index is -0.132. The molecule has 0 aromatic carbocycles. The van der Waals surface area contributed by atoms with Crippen LogP contribution < -0.4 is 10.2 Å². The molecular weight excluding hydrogens is 382 g/mol. The fraction of sp³-hybridized carbons (Fsp3) is 0.550. The van der Waals surface area contributed by atoms with Gasteiger partial charge in [0.15, 0.2) is 0 Å². The Morgan fingerprint density at radius 1 is 1.23 bits per heavy atom. The van der Waals surface area contributed by atoms with Crippen molar-refractivity contribution in [2.24, 2.45) is 17.9 Å². The predicted molar refractivity (Wildman–Crippen MR) is 113 cm³/mol. The van der Waals surface area contributed by atoms with E-state index in [0.717, 1.165) is 42.8 Å². The van der Waals surface area contributed by atoms with Crippen molar-refractivity contribution in [1.82, 2.24) is 34.6 Å². The molecule has 2 aliphatic rings. The van der Waals surface area contributed by atoms with Gasteiger partial charge in [-0.3, -0.25) is 10.00 Å². The first-order valence-electron chi connectivity index (χ1n) is 10.2. The van der Waals surface area contributed by atoms with Crippen LogP contribution in [0.5, 0.6) is 0 Å². The highest BCUT2D eigenvalue weighted by atomic mass is 16.2. The molecule has 1 aliphatic carbocycles. The Morgan fingerprint density at radius 3 is 2.63 bits per heavy atom. The van der Waals surface area contributed by atoms with Crippen molar-refractivity contribution in [2.75, 3.05) is 30.4 Å². The molecule has 158 valence electrons. The Bertz CT molecular complexity index is 1090. The van der Waals surface area contributed by atoms with Crippen LogP contribution in [0.2, 0.25) is 0 Å². The summed E-state index contributed by atoms with van der Waals surface area (Å²) in [4.78, 5) is 33.1. The molecule has 2 fully saturated rings. The van der Waals surface area contributed by atoms with Crippen LogP contribution >= 0.6 is 0 Å². The number of fused-ring (bicyclic) bond motifs is 2. The number of H-pyrrole nitrogens is 1. The van der Waals surface area contributed by atoms with E-state index in [4.69, 9.17) is 0 Å². The molecule has 0 spiro atoms. The predicted octanol–water partition coefficient (Wildman–Crippen LogP) is 2.25. The molecule has 10 nitrogen and oxygen atoms in total. The Morgan fingerprint density at radius 2 is 1.97 bits per heavy atom. The second-order valence-electron chi connectivity index (χ2n) is 9.26. The van der Waals surface area contributed by atoms with Crippen LogP contribution in [-0.2, 0) is 7.05 Å². The van der Waals surface area contributed by atoms with E-state index in [-0.39, 0.29) is 16.9 Å². The summed E-state index contributed by atoms with van der Waals surface area (Å²) in [5, 5.41) is 8.00. The maximum absolute atomic E-state index is 12.8. The molecule has 3 aromatic rings. The van der Waals surface area contributed by atoms with Crippen LogP contribution in [0.1, 0.15) is 26.7 Å². The third-order valence-corrected chi connectivity index (χ3v) is 7.23. The number of carbonyl (C=O) groups is 1. The maximum atomic E-state index is 12.8. The fourth-order valence-corrected chi connectivity index (χ4v) is 5.32. The molecule has 2 N–H and O–H groups in total. The molecule has 30 heavy (non-hydrogen) atoms. The first kappa shape index (κ1) is 18.8. The summed E-state index contributed by atoms with van der Waals surface area (Å²) in [7, 11) is 3.89. The van der Waals surface area contributed by atoms with E-state index < -0.39 is 0 Å². The molecule has 1 saturated carbocycles. The van der Waals surface area contributed by atoms with Crippen LogP contribution in [0, 0.1) is 10.8 Å². The zero-order chi connectivity index (χ0) is 21.1. The molecular formula is C20H27N9O. The molecule has 0 bridgehead atoms. The topological polar surface area (TPSA) is 108 Å². The van der Waals surface area contributed by atoms with E-state index in [1.165, 1.54) is 0 Å². The number of hydrogen-bond acceptors (Lipinski definition) is 6. The average molecular weight is 409 g/mol. The van der Waals surface area contributed by atoms with Gasteiger partial charge < -0.3 is 14.8 Å². The number of hydrogen-bond donors (Lipinski definition) is 2. The zero-order valence-electron chi connectivity index (χ0n) is 17.8. The van der Waals surface area contributed by atoms with Gasteiger partial charge in [-0.2, -0.15) is 0 Å². The summed E-state index contributed by atoms with van der Waals surface area (Å²) in [6.45, 7) is 6.05. The minimum Gasteiger partial charge on any atom is -0.356 e. The van der Waals surface area contributed by atoms with Crippen LogP contribution in [0.3, 0.4) is 0 Å². The van der Waals surface area contributed by atoms with Gasteiger partial charge in [0.2, 0.25) is 5.95 Å². The number of nitrogens with zero attached hydrogens (tertiary/aromatic N) is 7. The van der Waals surface area contributed by atoms with E-state index in [2.05, 4.69) is 56.1 Å². The van der Waals surface area contributed by atoms with Gasteiger partial charge in [-0.15, -0.1) is 5.10 Å². The zero-order valence-corrected chi connectivity index (χ0v) is 17.8. The Labute approximate surface area is 174 Å². The first-order valence-corrected chi connectivity index (χ1v) is 10.2. The SMILES string of the molecule is CN(c1ncnc2[nH]ccc12)[C@@H]1C[C@@]2(C)CN(C(=O)Nc3ncn(C)n3)C[C@@]2(C)C1. The summed E-state index contributed by atoms with van der Waals surface area (Å²) in [5.74, 6) is 1.29. The van der Waals surface area contributed by atoms with E-state index in [0.29, 0.717) is 12.0 Å². The number of anilines is 2. The molecule has 3 atom stereocenters. The number of likely N-dealkylation sites (tertiary alicyclic amines) is 1. The summed E-state index contributed by atoms with van der Waals surface area (Å²) in [5.41, 5.74) is 0.921. The summed E-state index contributed by atoms with van der Waals surface area (Å²) in [6, 6.07) is 2.25. The third kappa shape index (κ3) is 2.81. The number of aromatic nitrogens is 6. The van der Waals surface area contributed by atoms with Gasteiger partial charge in [-0.05, 0) is 29.7 Å². The molecule has 2 amide bonds. The molecule has 1 aliphatic heterocycles. The highest BCUT2D eigenvalue weighted by Gasteiger charge is 2.59. The Kier molecular flexibility index (Phi) is 4.03. The smallest absolute Gasteiger partial charge is 0.324 e. The lowest BCUT2D eigenvalue weighted by Gasteiger charge is -2.31. The van der Waals surface area contributed by atoms with Crippen molar-refractivity contribution in [3.05, 3.63) is 24.9 Å². The Balaban J connectivity index is 1.32. The molecule has 0 unspecified atom stereocenters. The highest BCUT2D eigenvalue weighted by Crippen LogP contribution is 2.58. The fourth-order valence-electron chi connectivity index (χ4n) is 5.32. The number of carbonyl (C=O) groups excluding carboxylic acids is 1. The van der Waals surface area contributed by atoms with Crippen LogP contribution in [-0.4, -0.2) is 66.8 Å². The monoisotopic (exact) mass is 409 g/mol. The molecule has 4 heterocycles. The quantitative estimate of drug-likeness (QED) is 0.687. The number of aromatic amines is 1. The number of amides is 2. The van der Waals surface area contributed by atoms with Crippen molar-refractivity contribution in [2.45, 2.75) is 32.7 Å². The second-order valence-corrected chi connectivity index (χ2v) is 9.26. The van der Waals surface area contributed by atoms with Gasteiger partial charge >= 0.3 is 6.03 Å². The largest absolute Gasteiger partial charge is 0.356 e. The van der Waals surface area contributed by atoms with Crippen molar-refractivity contribution >= 4 is 28.8 Å². The number of rotatable bonds is 3. The molecule has 3 aromatic heterocycles. The van der Waals surface area contributed by atoms with E-state index in [1.54, 1.807) is 24.4 Å². The number of aryl methyl sites for hydroxylation is 1. The van der Waals surface area contributed by atoms with Gasteiger partial charge in [0.05, 0.1) is 5.39 Å². The van der Waals surface area contributed by atoms with E-state index in [9.17, 15) is 4.79 Å². The lowest BCUT2D eigenvalue weighted by molar-refractivity contribution is 0.184. The average Bonchev–Trinajstić information content (AvgIpc) is 3.42. The van der Waals surface area contributed by atoms with Crippen molar-refractivity contribution in [1.29, 1.82) is 0 Å².